The highest BCUT2D eigenvalue weighted by Gasteiger charge is 2.33. The first-order chi connectivity index (χ1) is 12.6. The fraction of sp³-hybridized carbons (Fsp3) is 0.278. The number of nitrogens with zero attached hydrogens (tertiary/aromatic N) is 1. The molecule has 1 atom stereocenters. The van der Waals surface area contributed by atoms with Crippen molar-refractivity contribution in [2.75, 3.05) is 5.32 Å². The van der Waals surface area contributed by atoms with Gasteiger partial charge >= 0.3 is 6.18 Å². The van der Waals surface area contributed by atoms with E-state index >= 15 is 0 Å². The summed E-state index contributed by atoms with van der Waals surface area (Å²) >= 11 is 5.55. The molecule has 2 amide bonds. The second-order valence-electron chi connectivity index (χ2n) is 5.86. The lowest BCUT2D eigenvalue weighted by molar-refractivity contribution is -0.137. The molecule has 0 aliphatic rings. The molecule has 2 N–H and O–H groups in total. The van der Waals surface area contributed by atoms with Crippen molar-refractivity contribution in [1.29, 1.82) is 0 Å². The lowest BCUT2D eigenvalue weighted by Crippen LogP contribution is -2.32. The Morgan fingerprint density at radius 1 is 1.19 bits per heavy atom. The second-order valence-corrected chi connectivity index (χ2v) is 6.27. The summed E-state index contributed by atoms with van der Waals surface area (Å²) in [4.78, 5) is 28.3. The van der Waals surface area contributed by atoms with E-state index in [0.29, 0.717) is 0 Å². The topological polar surface area (TPSA) is 71.1 Å². The largest absolute Gasteiger partial charge is 0.417 e. The van der Waals surface area contributed by atoms with Crippen molar-refractivity contribution >= 4 is 29.1 Å². The summed E-state index contributed by atoms with van der Waals surface area (Å²) in [5.41, 5.74) is -1.03. The Balaban J connectivity index is 2.20. The number of alkyl halides is 3. The predicted octanol–water partition coefficient (Wildman–Crippen LogP) is 4.53. The molecule has 2 rings (SSSR count). The highest BCUT2D eigenvalue weighted by Crippen LogP contribution is 2.36. The maximum atomic E-state index is 12.9. The van der Waals surface area contributed by atoms with Crippen molar-refractivity contribution in [2.45, 2.75) is 32.5 Å². The highest BCUT2D eigenvalue weighted by atomic mass is 35.5. The number of hydrogen-bond acceptors (Lipinski definition) is 3. The summed E-state index contributed by atoms with van der Waals surface area (Å²) in [7, 11) is 0. The van der Waals surface area contributed by atoms with Crippen molar-refractivity contribution in [3.05, 3.63) is 58.4 Å². The van der Waals surface area contributed by atoms with E-state index in [0.717, 1.165) is 18.6 Å². The number of nitrogens with one attached hydrogen (secondary N) is 2. The first kappa shape index (κ1) is 20.7. The van der Waals surface area contributed by atoms with E-state index in [1.165, 1.54) is 24.4 Å². The molecule has 9 heteroatoms. The summed E-state index contributed by atoms with van der Waals surface area (Å²) in [5, 5.41) is 4.61. The molecule has 1 aromatic carbocycles. The minimum absolute atomic E-state index is 0.0437. The molecule has 0 saturated heterocycles. The van der Waals surface area contributed by atoms with Gasteiger partial charge in [-0.15, -0.1) is 0 Å². The van der Waals surface area contributed by atoms with E-state index in [9.17, 15) is 22.8 Å². The highest BCUT2D eigenvalue weighted by molar-refractivity contribution is 6.31. The van der Waals surface area contributed by atoms with Crippen LogP contribution >= 0.6 is 11.6 Å². The molecule has 0 aliphatic carbocycles. The quantitative estimate of drug-likeness (QED) is 0.775. The molecule has 2 aromatic rings. The molecule has 1 unspecified atom stereocenters. The number of carbonyl (C=O) groups excluding carboxylic acids is 2. The van der Waals surface area contributed by atoms with Gasteiger partial charge in [0.05, 0.1) is 10.6 Å². The van der Waals surface area contributed by atoms with Crippen LogP contribution in [-0.2, 0) is 6.18 Å². The fourth-order valence-corrected chi connectivity index (χ4v) is 2.35. The van der Waals surface area contributed by atoms with Crippen molar-refractivity contribution in [3.63, 3.8) is 0 Å². The molecule has 1 aromatic heterocycles. The fourth-order valence-electron chi connectivity index (χ4n) is 2.12. The van der Waals surface area contributed by atoms with Crippen LogP contribution in [0.3, 0.4) is 0 Å². The zero-order chi connectivity index (χ0) is 20.2. The minimum Gasteiger partial charge on any atom is -0.350 e. The SMILES string of the molecule is CCC(C)NC(=O)c1ccnc(C(=O)Nc2ccc(Cl)c(C(F)(F)F)c2)c1. The van der Waals surface area contributed by atoms with Gasteiger partial charge < -0.3 is 10.6 Å². The lowest BCUT2D eigenvalue weighted by atomic mass is 10.1. The molecule has 0 fully saturated rings. The maximum absolute atomic E-state index is 12.9. The van der Waals surface area contributed by atoms with Gasteiger partial charge in [-0.05, 0) is 43.7 Å². The average molecular weight is 400 g/mol. The monoisotopic (exact) mass is 399 g/mol. The number of halogens is 4. The Morgan fingerprint density at radius 3 is 2.52 bits per heavy atom. The van der Waals surface area contributed by atoms with Gasteiger partial charge in [-0.2, -0.15) is 13.2 Å². The number of rotatable bonds is 5. The third-order valence-electron chi connectivity index (χ3n) is 3.77. The van der Waals surface area contributed by atoms with E-state index < -0.39 is 22.7 Å². The summed E-state index contributed by atoms with van der Waals surface area (Å²) in [6.45, 7) is 3.75. The number of benzene rings is 1. The van der Waals surface area contributed by atoms with Gasteiger partial charge in [-0.1, -0.05) is 18.5 Å². The van der Waals surface area contributed by atoms with Crippen LogP contribution in [0, 0.1) is 0 Å². The molecular weight excluding hydrogens is 383 g/mol. The van der Waals surface area contributed by atoms with Gasteiger partial charge in [0.15, 0.2) is 0 Å². The van der Waals surface area contributed by atoms with Crippen LogP contribution in [0.25, 0.3) is 0 Å². The number of anilines is 1. The molecular formula is C18H17ClF3N3O2. The summed E-state index contributed by atoms with van der Waals surface area (Å²) in [6.07, 6.45) is -2.63. The normalized spacial score (nSPS) is 12.4. The Bertz CT molecular complexity index is 856. The first-order valence-electron chi connectivity index (χ1n) is 8.06. The third kappa shape index (κ3) is 5.43. The van der Waals surface area contributed by atoms with E-state index in [1.807, 2.05) is 13.8 Å². The number of amides is 2. The van der Waals surface area contributed by atoms with Crippen LogP contribution < -0.4 is 10.6 Å². The Morgan fingerprint density at radius 2 is 1.89 bits per heavy atom. The van der Waals surface area contributed by atoms with Crippen LogP contribution in [0.1, 0.15) is 46.7 Å². The molecule has 0 bridgehead atoms. The molecule has 0 spiro atoms. The van der Waals surface area contributed by atoms with Crippen LogP contribution in [0.5, 0.6) is 0 Å². The van der Waals surface area contributed by atoms with Crippen LogP contribution in [0.4, 0.5) is 18.9 Å². The van der Waals surface area contributed by atoms with Gasteiger partial charge in [-0.3, -0.25) is 14.6 Å². The van der Waals surface area contributed by atoms with Gasteiger partial charge in [0.25, 0.3) is 11.8 Å². The van der Waals surface area contributed by atoms with Gasteiger partial charge in [-0.25, -0.2) is 0 Å². The zero-order valence-corrected chi connectivity index (χ0v) is 15.3. The smallest absolute Gasteiger partial charge is 0.350 e. The van der Waals surface area contributed by atoms with E-state index in [4.69, 9.17) is 11.6 Å². The van der Waals surface area contributed by atoms with Crippen molar-refractivity contribution in [3.8, 4) is 0 Å². The molecule has 1 heterocycles. The van der Waals surface area contributed by atoms with Gasteiger partial charge in [0, 0.05) is 23.5 Å². The minimum atomic E-state index is -4.65. The third-order valence-corrected chi connectivity index (χ3v) is 4.10. The summed E-state index contributed by atoms with van der Waals surface area (Å²) in [5.74, 6) is -1.12. The number of carbonyl (C=O) groups is 2. The van der Waals surface area contributed by atoms with Crippen LogP contribution in [0.2, 0.25) is 5.02 Å². The Kier molecular flexibility index (Phi) is 6.43. The Hall–Kier alpha value is -2.61. The van der Waals surface area contributed by atoms with Crippen LogP contribution in [-0.4, -0.2) is 22.8 Å². The summed E-state index contributed by atoms with van der Waals surface area (Å²) < 4.78 is 38.7. The van der Waals surface area contributed by atoms with E-state index in [2.05, 4.69) is 15.6 Å². The number of pyridine rings is 1. The van der Waals surface area contributed by atoms with Gasteiger partial charge in [0.1, 0.15) is 5.69 Å². The summed E-state index contributed by atoms with van der Waals surface area (Å²) in [6, 6.07) is 5.70. The lowest BCUT2D eigenvalue weighted by Gasteiger charge is -2.13. The van der Waals surface area contributed by atoms with Crippen molar-refractivity contribution in [1.82, 2.24) is 10.3 Å². The molecule has 0 saturated carbocycles. The molecule has 0 aliphatic heterocycles. The maximum Gasteiger partial charge on any atom is 0.417 e. The van der Waals surface area contributed by atoms with Crippen molar-refractivity contribution < 1.29 is 22.8 Å². The number of hydrogen-bond donors (Lipinski definition) is 2. The van der Waals surface area contributed by atoms with E-state index in [1.54, 1.807) is 0 Å². The second kappa shape index (κ2) is 8.39. The van der Waals surface area contributed by atoms with Crippen molar-refractivity contribution in [2.24, 2.45) is 0 Å². The van der Waals surface area contributed by atoms with E-state index in [-0.39, 0.29) is 28.9 Å². The molecule has 27 heavy (non-hydrogen) atoms. The molecule has 0 radical (unpaired) electrons. The predicted molar refractivity (Wildman–Crippen MR) is 95.9 cm³/mol. The Labute approximate surface area is 158 Å². The first-order valence-corrected chi connectivity index (χ1v) is 8.44. The van der Waals surface area contributed by atoms with Gasteiger partial charge in [0.2, 0.25) is 0 Å². The standard InChI is InChI=1S/C18H17ClF3N3O2/c1-3-10(2)24-16(26)11-6-7-23-15(8-11)17(27)25-12-4-5-14(19)13(9-12)18(20,21)22/h4-10H,3H2,1-2H3,(H,24,26)(H,25,27). The number of aromatic nitrogens is 1. The zero-order valence-electron chi connectivity index (χ0n) is 14.5. The molecule has 144 valence electrons. The molecule has 5 nitrogen and oxygen atoms in total. The average Bonchev–Trinajstić information content (AvgIpc) is 2.62. The van der Waals surface area contributed by atoms with Crippen LogP contribution in [0.15, 0.2) is 36.5 Å².